The van der Waals surface area contributed by atoms with Gasteiger partial charge in [-0.05, 0) is 51.9 Å². The van der Waals surface area contributed by atoms with Gasteiger partial charge in [0.1, 0.15) is 0 Å². The van der Waals surface area contributed by atoms with Crippen LogP contribution in [-0.2, 0) is 0 Å². The van der Waals surface area contributed by atoms with Crippen LogP contribution in [0.15, 0.2) is 0 Å². The average molecular weight is 492 g/mol. The molecule has 0 aliphatic rings. The lowest BCUT2D eigenvalue weighted by Gasteiger charge is -2.33. The van der Waals surface area contributed by atoms with Crippen LogP contribution in [0, 0.1) is 0 Å². The summed E-state index contributed by atoms with van der Waals surface area (Å²) < 4.78 is 23.3. The molecular formula is C27H61N3O2S. The van der Waals surface area contributed by atoms with E-state index in [1.165, 1.54) is 96.3 Å². The topological polar surface area (TPSA) is 76.5 Å². The molecule has 0 bridgehead atoms. The maximum Gasteiger partial charge on any atom is 0.0528 e. The minimum Gasteiger partial charge on any atom is -0.317 e. The van der Waals surface area contributed by atoms with Crippen molar-refractivity contribution >= 4 is 10.8 Å². The third-order valence-corrected chi connectivity index (χ3v) is 7.80. The predicted octanol–water partition coefficient (Wildman–Crippen LogP) is 7.87. The van der Waals surface area contributed by atoms with Crippen molar-refractivity contribution in [3.05, 3.63) is 0 Å². The first kappa shape index (κ1) is 33.1. The Bertz CT molecular complexity index is 373. The highest BCUT2D eigenvalue weighted by atomic mass is 32.3. The average Bonchev–Trinajstić information content (AvgIpc) is 2.80. The van der Waals surface area contributed by atoms with Gasteiger partial charge in [0, 0.05) is 6.54 Å². The normalized spacial score (nSPS) is 12.5. The molecule has 0 atom stereocenters. The lowest BCUT2D eigenvalue weighted by molar-refractivity contribution is 0.462. The van der Waals surface area contributed by atoms with Gasteiger partial charge in [0.25, 0.3) is 0 Å². The molecule has 5 N–H and O–H groups in total. The van der Waals surface area contributed by atoms with Crippen molar-refractivity contribution in [1.82, 2.24) is 15.4 Å². The van der Waals surface area contributed by atoms with Crippen LogP contribution >= 0.6 is 10.8 Å². The quantitative estimate of drug-likeness (QED) is 0.0720. The molecule has 0 aliphatic carbocycles. The fraction of sp³-hybridized carbons (Fsp3) is 1.00. The molecule has 0 amide bonds. The minimum absolute atomic E-state index is 0.502. The van der Waals surface area contributed by atoms with Gasteiger partial charge in [0.05, 0.1) is 5.75 Å². The summed E-state index contributed by atoms with van der Waals surface area (Å²) in [5.41, 5.74) is 0. The molecule has 0 rings (SSSR count). The first-order chi connectivity index (χ1) is 16.1. The van der Waals surface area contributed by atoms with Crippen molar-refractivity contribution in [3.63, 3.8) is 0 Å². The Balaban J connectivity index is 3.27. The van der Waals surface area contributed by atoms with Crippen LogP contribution in [0.25, 0.3) is 0 Å². The molecule has 0 aromatic rings. The molecule has 0 aromatic carbocycles. The fourth-order valence-electron chi connectivity index (χ4n) is 4.14. The van der Waals surface area contributed by atoms with E-state index in [9.17, 15) is 9.11 Å². The van der Waals surface area contributed by atoms with E-state index in [0.29, 0.717) is 12.3 Å². The second-order valence-corrected chi connectivity index (χ2v) is 11.8. The molecule has 33 heavy (non-hydrogen) atoms. The number of rotatable bonds is 28. The Labute approximate surface area is 209 Å². The van der Waals surface area contributed by atoms with Gasteiger partial charge >= 0.3 is 0 Å². The zero-order chi connectivity index (χ0) is 24.3. The monoisotopic (exact) mass is 491 g/mol. The third kappa shape index (κ3) is 28.3. The largest absolute Gasteiger partial charge is 0.317 e. The van der Waals surface area contributed by atoms with Crippen LogP contribution in [0.3, 0.4) is 0 Å². The second-order valence-electron chi connectivity index (χ2n) is 9.78. The lowest BCUT2D eigenvalue weighted by atomic mass is 10.0. The van der Waals surface area contributed by atoms with Gasteiger partial charge in [0.2, 0.25) is 0 Å². The molecule has 0 radical (unpaired) electrons. The molecule has 0 saturated heterocycles. The summed E-state index contributed by atoms with van der Waals surface area (Å²) in [6.07, 6.45) is 24.7. The molecule has 0 unspecified atom stereocenters. The van der Waals surface area contributed by atoms with Gasteiger partial charge in [-0.2, -0.15) is 0 Å². The van der Waals surface area contributed by atoms with Gasteiger partial charge in [-0.25, -0.2) is 4.72 Å². The van der Waals surface area contributed by atoms with E-state index in [2.05, 4.69) is 29.2 Å². The summed E-state index contributed by atoms with van der Waals surface area (Å²) in [6.45, 7) is 9.25. The Morgan fingerprint density at radius 3 is 1.27 bits per heavy atom. The highest BCUT2D eigenvalue weighted by Crippen LogP contribution is 2.34. The van der Waals surface area contributed by atoms with E-state index in [1.807, 2.05) is 0 Å². The summed E-state index contributed by atoms with van der Waals surface area (Å²) in [7, 11) is -2.60. The highest BCUT2D eigenvalue weighted by Gasteiger charge is 2.10. The summed E-state index contributed by atoms with van der Waals surface area (Å²) >= 11 is 0. The first-order valence-corrected chi connectivity index (χ1v) is 16.3. The van der Waals surface area contributed by atoms with Crippen molar-refractivity contribution in [2.75, 3.05) is 38.5 Å². The number of hydrogen-bond donors (Lipinski definition) is 5. The van der Waals surface area contributed by atoms with Crippen LogP contribution in [0.1, 0.15) is 136 Å². The maximum atomic E-state index is 10.2. The van der Waals surface area contributed by atoms with Gasteiger partial charge in [-0.15, -0.1) is 10.8 Å². The molecule has 0 fully saturated rings. The molecule has 0 aliphatic heterocycles. The standard InChI is InChI=1S/C27H61N3O2S/c1-3-5-6-7-8-9-10-11-12-13-14-15-16-17-18-19-27-33(31,32)30-26-21-25-29-24-20-23-28-22-4-2/h28-32H,3-27H2,1-2H3. The van der Waals surface area contributed by atoms with Crippen molar-refractivity contribution in [1.29, 1.82) is 0 Å². The molecule has 6 heteroatoms. The van der Waals surface area contributed by atoms with E-state index in [1.54, 1.807) is 0 Å². The summed E-state index contributed by atoms with van der Waals surface area (Å²) in [5, 5.41) is 6.81. The summed E-state index contributed by atoms with van der Waals surface area (Å²) in [4.78, 5) is 0. The Hall–Kier alpha value is 0.150. The van der Waals surface area contributed by atoms with Crippen LogP contribution in [-0.4, -0.2) is 47.6 Å². The Morgan fingerprint density at radius 2 is 0.818 bits per heavy atom. The number of unbranched alkanes of at least 4 members (excludes halogenated alkanes) is 15. The zero-order valence-corrected chi connectivity index (χ0v) is 23.3. The zero-order valence-electron chi connectivity index (χ0n) is 22.5. The summed E-state index contributed by atoms with van der Waals surface area (Å²) in [6, 6.07) is 0. The third-order valence-electron chi connectivity index (χ3n) is 6.28. The molecule has 0 spiro atoms. The van der Waals surface area contributed by atoms with Gasteiger partial charge in [0.15, 0.2) is 0 Å². The van der Waals surface area contributed by atoms with Crippen molar-refractivity contribution in [2.24, 2.45) is 0 Å². The van der Waals surface area contributed by atoms with E-state index in [-0.39, 0.29) is 0 Å². The van der Waals surface area contributed by atoms with Crippen LogP contribution in [0.4, 0.5) is 0 Å². The van der Waals surface area contributed by atoms with E-state index < -0.39 is 10.8 Å². The Kier molecular flexibility index (Phi) is 26.9. The van der Waals surface area contributed by atoms with Gasteiger partial charge < -0.3 is 10.6 Å². The fourth-order valence-corrected chi connectivity index (χ4v) is 5.36. The molecule has 5 nitrogen and oxygen atoms in total. The predicted molar refractivity (Wildman–Crippen MR) is 151 cm³/mol. The molecule has 0 aromatic heterocycles. The van der Waals surface area contributed by atoms with Crippen molar-refractivity contribution in [2.45, 2.75) is 136 Å². The van der Waals surface area contributed by atoms with Crippen LogP contribution < -0.4 is 15.4 Å². The maximum absolute atomic E-state index is 10.2. The number of hydrogen-bond acceptors (Lipinski definition) is 5. The number of nitrogens with one attached hydrogen (secondary N) is 3. The minimum atomic E-state index is -2.60. The summed E-state index contributed by atoms with van der Waals surface area (Å²) in [5.74, 6) is 0.502. The van der Waals surface area contributed by atoms with Crippen LogP contribution in [0.2, 0.25) is 0 Å². The Morgan fingerprint density at radius 1 is 0.424 bits per heavy atom. The van der Waals surface area contributed by atoms with E-state index >= 15 is 0 Å². The van der Waals surface area contributed by atoms with E-state index in [4.69, 9.17) is 0 Å². The smallest absolute Gasteiger partial charge is 0.0528 e. The van der Waals surface area contributed by atoms with Crippen molar-refractivity contribution in [3.8, 4) is 0 Å². The molecule has 202 valence electrons. The van der Waals surface area contributed by atoms with Crippen molar-refractivity contribution < 1.29 is 9.11 Å². The van der Waals surface area contributed by atoms with Gasteiger partial charge in [-0.1, -0.05) is 110 Å². The van der Waals surface area contributed by atoms with Crippen LogP contribution in [0.5, 0.6) is 0 Å². The van der Waals surface area contributed by atoms with Gasteiger partial charge in [-0.3, -0.25) is 9.11 Å². The van der Waals surface area contributed by atoms with E-state index in [0.717, 1.165) is 51.9 Å². The first-order valence-electron chi connectivity index (χ1n) is 14.5. The molecule has 0 heterocycles. The lowest BCUT2D eigenvalue weighted by Crippen LogP contribution is -2.27. The SMILES string of the molecule is CCCCCCCCCCCCCCCCCCS(O)(O)NCCCNCCCNCCC. The highest BCUT2D eigenvalue weighted by molar-refractivity contribution is 8.22. The molecular weight excluding hydrogens is 430 g/mol. The second kappa shape index (κ2) is 26.7. The molecule has 0 saturated carbocycles.